The molecule has 0 aromatic heterocycles. The molecule has 3 heteroatoms. The molecule has 19 heavy (non-hydrogen) atoms. The van der Waals surface area contributed by atoms with Crippen LogP contribution in [0.1, 0.15) is 24.5 Å². The van der Waals surface area contributed by atoms with Crippen molar-refractivity contribution in [1.29, 1.82) is 0 Å². The number of benzene rings is 2. The van der Waals surface area contributed by atoms with Crippen molar-refractivity contribution >= 4 is 11.4 Å². The van der Waals surface area contributed by atoms with Crippen LogP contribution in [0.25, 0.3) is 0 Å². The second-order valence-corrected chi connectivity index (χ2v) is 4.59. The molecule has 98 valence electrons. The van der Waals surface area contributed by atoms with E-state index < -0.39 is 0 Å². The van der Waals surface area contributed by atoms with Gasteiger partial charge in [0.25, 0.3) is 0 Å². The van der Waals surface area contributed by atoms with Gasteiger partial charge in [-0.1, -0.05) is 25.5 Å². The van der Waals surface area contributed by atoms with Gasteiger partial charge in [-0.3, -0.25) is 0 Å². The monoisotopic (exact) mass is 254 g/mol. The molecular weight excluding hydrogens is 236 g/mol. The fourth-order valence-electron chi connectivity index (χ4n) is 1.84. The zero-order valence-corrected chi connectivity index (χ0v) is 11.3. The lowest BCUT2D eigenvalue weighted by molar-refractivity contribution is 0.471. The summed E-state index contributed by atoms with van der Waals surface area (Å²) in [6.07, 6.45) is 2.24. The van der Waals surface area contributed by atoms with Crippen LogP contribution >= 0.6 is 0 Å². The Morgan fingerprint density at radius 2 is 1.58 bits per heavy atom. The lowest BCUT2D eigenvalue weighted by Crippen LogP contribution is -1.80. The Hall–Kier alpha value is -2.16. The van der Waals surface area contributed by atoms with Crippen molar-refractivity contribution in [3.63, 3.8) is 0 Å². The summed E-state index contributed by atoms with van der Waals surface area (Å²) in [5, 5.41) is 17.8. The maximum Gasteiger partial charge on any atom is 0.118 e. The van der Waals surface area contributed by atoms with E-state index in [0.717, 1.165) is 29.8 Å². The number of hydrogen-bond donors (Lipinski definition) is 1. The molecule has 2 aromatic rings. The topological polar surface area (TPSA) is 45.0 Å². The Balaban J connectivity index is 2.11. The highest BCUT2D eigenvalue weighted by molar-refractivity contribution is 5.46. The Bertz CT molecular complexity index is 574. The number of phenols is 1. The summed E-state index contributed by atoms with van der Waals surface area (Å²) in [7, 11) is 0. The van der Waals surface area contributed by atoms with Crippen molar-refractivity contribution in [3.8, 4) is 5.75 Å². The van der Waals surface area contributed by atoms with Crippen molar-refractivity contribution in [1.82, 2.24) is 0 Å². The van der Waals surface area contributed by atoms with E-state index in [1.807, 2.05) is 25.1 Å². The summed E-state index contributed by atoms with van der Waals surface area (Å²) in [5.41, 5.74) is 3.70. The van der Waals surface area contributed by atoms with E-state index in [4.69, 9.17) is 0 Å². The molecule has 0 aliphatic rings. The highest BCUT2D eigenvalue weighted by Crippen LogP contribution is 2.24. The van der Waals surface area contributed by atoms with Crippen molar-refractivity contribution in [2.75, 3.05) is 0 Å². The van der Waals surface area contributed by atoms with E-state index in [1.54, 1.807) is 12.1 Å². The van der Waals surface area contributed by atoms with Gasteiger partial charge in [-0.05, 0) is 54.8 Å². The molecule has 0 unspecified atom stereocenters. The highest BCUT2D eigenvalue weighted by Gasteiger charge is 1.97. The molecule has 0 spiro atoms. The van der Waals surface area contributed by atoms with Crippen molar-refractivity contribution in [2.45, 2.75) is 26.7 Å². The molecule has 0 saturated heterocycles. The molecular formula is C16H18N2O. The Labute approximate surface area is 113 Å². The van der Waals surface area contributed by atoms with Gasteiger partial charge < -0.3 is 5.11 Å². The lowest BCUT2D eigenvalue weighted by atomic mass is 10.1. The van der Waals surface area contributed by atoms with Gasteiger partial charge >= 0.3 is 0 Å². The van der Waals surface area contributed by atoms with Gasteiger partial charge in [-0.2, -0.15) is 10.2 Å². The average molecular weight is 254 g/mol. The summed E-state index contributed by atoms with van der Waals surface area (Å²) in [6.45, 7) is 4.01. The Morgan fingerprint density at radius 1 is 0.947 bits per heavy atom. The second-order valence-electron chi connectivity index (χ2n) is 4.59. The van der Waals surface area contributed by atoms with Gasteiger partial charge in [0.15, 0.2) is 0 Å². The minimum Gasteiger partial charge on any atom is -0.508 e. The normalized spacial score (nSPS) is 11.1. The van der Waals surface area contributed by atoms with E-state index in [9.17, 15) is 5.11 Å². The Morgan fingerprint density at radius 3 is 2.21 bits per heavy atom. The minimum absolute atomic E-state index is 0.280. The Kier molecular flexibility index (Phi) is 4.29. The van der Waals surface area contributed by atoms with Crippen LogP contribution in [0, 0.1) is 6.92 Å². The van der Waals surface area contributed by atoms with Crippen LogP contribution in [0.15, 0.2) is 52.7 Å². The van der Waals surface area contributed by atoms with Gasteiger partial charge in [0.05, 0.1) is 11.4 Å². The van der Waals surface area contributed by atoms with Crippen LogP contribution in [-0.2, 0) is 6.42 Å². The van der Waals surface area contributed by atoms with Crippen molar-refractivity contribution < 1.29 is 5.11 Å². The first kappa shape index (κ1) is 13.3. The lowest BCUT2D eigenvalue weighted by Gasteiger charge is -2.00. The first-order valence-corrected chi connectivity index (χ1v) is 6.49. The van der Waals surface area contributed by atoms with Gasteiger partial charge in [0.1, 0.15) is 5.75 Å². The summed E-state index contributed by atoms with van der Waals surface area (Å²) in [4.78, 5) is 0. The average Bonchev–Trinajstić information content (AvgIpc) is 2.42. The molecule has 0 bridgehead atoms. The first-order chi connectivity index (χ1) is 9.19. The molecule has 2 aromatic carbocycles. The fraction of sp³-hybridized carbons (Fsp3) is 0.250. The second kappa shape index (κ2) is 6.14. The largest absolute Gasteiger partial charge is 0.508 e. The molecule has 1 N–H and O–H groups in total. The third-order valence-electron chi connectivity index (χ3n) is 2.94. The van der Waals surface area contributed by atoms with E-state index in [1.165, 1.54) is 5.56 Å². The number of aryl methyl sites for hydroxylation is 2. The first-order valence-electron chi connectivity index (χ1n) is 6.49. The minimum atomic E-state index is 0.280. The molecule has 3 nitrogen and oxygen atoms in total. The van der Waals surface area contributed by atoms with Crippen molar-refractivity contribution in [3.05, 3.63) is 53.6 Å². The molecule has 0 saturated carbocycles. The van der Waals surface area contributed by atoms with Gasteiger partial charge in [-0.15, -0.1) is 0 Å². The fourth-order valence-corrected chi connectivity index (χ4v) is 1.84. The number of aromatic hydroxyl groups is 1. The molecule has 0 aliphatic carbocycles. The van der Waals surface area contributed by atoms with E-state index >= 15 is 0 Å². The molecule has 0 heterocycles. The van der Waals surface area contributed by atoms with Crippen molar-refractivity contribution in [2.24, 2.45) is 10.2 Å². The molecule has 0 aliphatic heterocycles. The highest BCUT2D eigenvalue weighted by atomic mass is 16.3. The van der Waals surface area contributed by atoms with Gasteiger partial charge in [-0.25, -0.2) is 0 Å². The smallest absolute Gasteiger partial charge is 0.118 e. The zero-order valence-electron chi connectivity index (χ0n) is 11.3. The van der Waals surface area contributed by atoms with E-state index in [-0.39, 0.29) is 5.75 Å². The molecule has 2 rings (SSSR count). The number of phenolic OH excluding ortho intramolecular Hbond substituents is 1. The van der Waals surface area contributed by atoms with Crippen LogP contribution in [0.4, 0.5) is 11.4 Å². The third kappa shape index (κ3) is 3.65. The quantitative estimate of drug-likeness (QED) is 0.761. The maximum absolute atomic E-state index is 9.44. The van der Waals surface area contributed by atoms with Crippen LogP contribution in [0.3, 0.4) is 0 Å². The SMILES string of the molecule is CCCc1ccc(N=Nc2ccc(O)c(C)c2)cc1. The molecule has 0 radical (unpaired) electrons. The summed E-state index contributed by atoms with van der Waals surface area (Å²) in [5.74, 6) is 0.280. The van der Waals surface area contributed by atoms with Gasteiger partial charge in [0.2, 0.25) is 0 Å². The predicted molar refractivity (Wildman–Crippen MR) is 77.5 cm³/mol. The number of nitrogens with zero attached hydrogens (tertiary/aromatic N) is 2. The van der Waals surface area contributed by atoms with E-state index in [0.29, 0.717) is 0 Å². The third-order valence-corrected chi connectivity index (χ3v) is 2.94. The summed E-state index contributed by atoms with van der Waals surface area (Å²) in [6, 6.07) is 13.3. The molecule has 0 fully saturated rings. The van der Waals surface area contributed by atoms with Gasteiger partial charge in [0, 0.05) is 0 Å². The number of rotatable bonds is 4. The summed E-state index contributed by atoms with van der Waals surface area (Å²) < 4.78 is 0. The zero-order chi connectivity index (χ0) is 13.7. The predicted octanol–water partition coefficient (Wildman–Crippen LogP) is 5.07. The number of azo groups is 1. The van der Waals surface area contributed by atoms with E-state index in [2.05, 4.69) is 29.3 Å². The standard InChI is InChI=1S/C16H18N2O/c1-3-4-13-5-7-14(8-6-13)17-18-15-9-10-16(19)12(2)11-15/h5-11,19H,3-4H2,1-2H3. The van der Waals surface area contributed by atoms with Crippen LogP contribution < -0.4 is 0 Å². The van der Waals surface area contributed by atoms with Crippen LogP contribution in [0.2, 0.25) is 0 Å². The van der Waals surface area contributed by atoms with Crippen LogP contribution in [0.5, 0.6) is 5.75 Å². The number of hydrogen-bond acceptors (Lipinski definition) is 3. The molecule has 0 atom stereocenters. The maximum atomic E-state index is 9.44. The van der Waals surface area contributed by atoms with Crippen LogP contribution in [-0.4, -0.2) is 5.11 Å². The molecule has 0 amide bonds. The summed E-state index contributed by atoms with van der Waals surface area (Å²) >= 11 is 0.